The molecule has 3 fully saturated rings. The third kappa shape index (κ3) is 5.10. The third-order valence-electron chi connectivity index (χ3n) is 5.56. The smallest absolute Gasteiger partial charge is 0.0870 e. The van der Waals surface area contributed by atoms with Gasteiger partial charge in [-0.05, 0) is 43.9 Å². The fourth-order valence-electron chi connectivity index (χ4n) is 4.19. The van der Waals surface area contributed by atoms with Crippen LogP contribution in [0.1, 0.15) is 70.6 Å². The summed E-state index contributed by atoms with van der Waals surface area (Å²) in [5.74, 6) is 1.68. The Labute approximate surface area is 130 Å². The molecule has 3 aliphatic rings. The van der Waals surface area contributed by atoms with E-state index < -0.39 is 0 Å². The first-order valence-corrected chi connectivity index (χ1v) is 9.33. The lowest BCUT2D eigenvalue weighted by Crippen LogP contribution is -2.15. The summed E-state index contributed by atoms with van der Waals surface area (Å²) < 4.78 is 11.6. The van der Waals surface area contributed by atoms with Crippen LogP contribution in [-0.2, 0) is 9.47 Å². The van der Waals surface area contributed by atoms with Gasteiger partial charge in [-0.3, -0.25) is 0 Å². The normalized spacial score (nSPS) is 31.8. The second-order valence-electron chi connectivity index (χ2n) is 7.23. The van der Waals surface area contributed by atoms with Crippen molar-refractivity contribution >= 4 is 0 Å². The summed E-state index contributed by atoms with van der Waals surface area (Å²) in [6.07, 6.45) is 20.9. The molecule has 0 aromatic rings. The lowest BCUT2D eigenvalue weighted by molar-refractivity contribution is 0.151. The van der Waals surface area contributed by atoms with Gasteiger partial charge in [0.25, 0.3) is 0 Å². The van der Waals surface area contributed by atoms with Gasteiger partial charge in [-0.2, -0.15) is 0 Å². The van der Waals surface area contributed by atoms with E-state index in [2.05, 4.69) is 12.2 Å². The Bertz CT molecular complexity index is 314. The molecule has 0 N–H and O–H groups in total. The van der Waals surface area contributed by atoms with Crippen LogP contribution in [0.4, 0.5) is 0 Å². The fraction of sp³-hybridized carbons (Fsp3) is 0.895. The van der Waals surface area contributed by atoms with E-state index >= 15 is 0 Å². The van der Waals surface area contributed by atoms with Crippen molar-refractivity contribution in [2.45, 2.75) is 82.8 Å². The summed E-state index contributed by atoms with van der Waals surface area (Å²) in [7, 11) is 0. The van der Waals surface area contributed by atoms with Crippen LogP contribution in [0.15, 0.2) is 12.2 Å². The van der Waals surface area contributed by atoms with Gasteiger partial charge in [0.05, 0.1) is 18.8 Å². The highest BCUT2D eigenvalue weighted by molar-refractivity contribution is 4.92. The molecule has 0 spiro atoms. The highest BCUT2D eigenvalue weighted by Crippen LogP contribution is 2.39. The summed E-state index contributed by atoms with van der Waals surface area (Å²) in [5, 5.41) is 0. The van der Waals surface area contributed by atoms with Crippen molar-refractivity contribution in [3.05, 3.63) is 12.2 Å². The molecular formula is C19H32O2. The topological polar surface area (TPSA) is 21.8 Å². The molecule has 2 heteroatoms. The highest BCUT2D eigenvalue weighted by Gasteiger charge is 2.44. The van der Waals surface area contributed by atoms with Gasteiger partial charge < -0.3 is 9.47 Å². The van der Waals surface area contributed by atoms with Crippen molar-refractivity contribution in [2.24, 2.45) is 11.8 Å². The lowest BCUT2D eigenvalue weighted by atomic mass is 9.85. The zero-order valence-electron chi connectivity index (χ0n) is 13.5. The number of hydrogen-bond acceptors (Lipinski definition) is 2. The largest absolute Gasteiger partial charge is 0.377 e. The molecule has 21 heavy (non-hydrogen) atoms. The molecule has 2 unspecified atom stereocenters. The van der Waals surface area contributed by atoms with Gasteiger partial charge in [0, 0.05) is 6.61 Å². The Balaban J connectivity index is 1.20. The number of allylic oxidation sites excluding steroid dienone is 1. The molecule has 0 aromatic heterocycles. The summed E-state index contributed by atoms with van der Waals surface area (Å²) in [5.41, 5.74) is 0. The first-order chi connectivity index (χ1) is 10.4. The predicted molar refractivity (Wildman–Crippen MR) is 86.4 cm³/mol. The maximum atomic E-state index is 5.86. The van der Waals surface area contributed by atoms with Crippen LogP contribution in [0.5, 0.6) is 0 Å². The first kappa shape index (κ1) is 15.6. The number of ether oxygens (including phenoxy) is 2. The predicted octanol–water partition coefficient (Wildman–Crippen LogP) is 4.88. The SMILES string of the molecule is C(=C\C1CCCCC1)/COCCC1OC1C1CCCCC1. The third-order valence-corrected chi connectivity index (χ3v) is 5.56. The van der Waals surface area contributed by atoms with Gasteiger partial charge in [-0.1, -0.05) is 50.7 Å². The lowest BCUT2D eigenvalue weighted by Gasteiger charge is -2.19. The van der Waals surface area contributed by atoms with Crippen LogP contribution in [0.25, 0.3) is 0 Å². The molecule has 0 aromatic carbocycles. The van der Waals surface area contributed by atoms with Crippen LogP contribution >= 0.6 is 0 Å². The Morgan fingerprint density at radius 1 is 0.905 bits per heavy atom. The molecule has 2 nitrogen and oxygen atoms in total. The molecule has 120 valence electrons. The van der Waals surface area contributed by atoms with Gasteiger partial charge in [0.1, 0.15) is 0 Å². The minimum absolute atomic E-state index is 0.510. The van der Waals surface area contributed by atoms with Crippen molar-refractivity contribution < 1.29 is 9.47 Å². The standard InChI is InChI=1S/C19H32O2/c1-3-8-16(9-4-1)10-7-14-20-15-13-18-19(21-18)17-11-5-2-6-12-17/h7,10,16-19H,1-6,8-9,11-15H2/b10-7+. The van der Waals surface area contributed by atoms with Gasteiger partial charge in [0.2, 0.25) is 0 Å². The molecule has 2 saturated carbocycles. The Hall–Kier alpha value is -0.340. The fourth-order valence-corrected chi connectivity index (χ4v) is 4.19. The van der Waals surface area contributed by atoms with Gasteiger partial charge in [-0.15, -0.1) is 0 Å². The van der Waals surface area contributed by atoms with Crippen molar-refractivity contribution in [2.75, 3.05) is 13.2 Å². The van der Waals surface area contributed by atoms with Gasteiger partial charge in [0.15, 0.2) is 0 Å². The van der Waals surface area contributed by atoms with Gasteiger partial charge >= 0.3 is 0 Å². The molecule has 0 bridgehead atoms. The zero-order valence-corrected chi connectivity index (χ0v) is 13.5. The summed E-state index contributed by atoms with van der Waals surface area (Å²) >= 11 is 0. The highest BCUT2D eigenvalue weighted by atomic mass is 16.6. The van der Waals surface area contributed by atoms with Gasteiger partial charge in [-0.25, -0.2) is 0 Å². The van der Waals surface area contributed by atoms with Crippen molar-refractivity contribution in [1.29, 1.82) is 0 Å². The summed E-state index contributed by atoms with van der Waals surface area (Å²) in [4.78, 5) is 0. The van der Waals surface area contributed by atoms with Crippen molar-refractivity contribution in [1.82, 2.24) is 0 Å². The Morgan fingerprint density at radius 2 is 1.62 bits per heavy atom. The van der Waals surface area contributed by atoms with Crippen molar-refractivity contribution in [3.63, 3.8) is 0 Å². The van der Waals surface area contributed by atoms with E-state index in [1.807, 2.05) is 0 Å². The van der Waals surface area contributed by atoms with E-state index in [-0.39, 0.29) is 0 Å². The second-order valence-corrected chi connectivity index (χ2v) is 7.23. The molecular weight excluding hydrogens is 260 g/mol. The number of hydrogen-bond donors (Lipinski definition) is 0. The van der Waals surface area contributed by atoms with E-state index in [1.54, 1.807) is 0 Å². The summed E-state index contributed by atoms with van der Waals surface area (Å²) in [6, 6.07) is 0. The zero-order chi connectivity index (χ0) is 14.3. The average molecular weight is 292 g/mol. The number of rotatable bonds is 7. The van der Waals surface area contributed by atoms with Crippen LogP contribution in [-0.4, -0.2) is 25.4 Å². The Kier molecular flexibility index (Phi) is 6.17. The van der Waals surface area contributed by atoms with Crippen LogP contribution in [0.2, 0.25) is 0 Å². The minimum Gasteiger partial charge on any atom is -0.377 e. The molecule has 1 saturated heterocycles. The van der Waals surface area contributed by atoms with Crippen LogP contribution < -0.4 is 0 Å². The molecule has 2 atom stereocenters. The van der Waals surface area contributed by atoms with E-state index in [4.69, 9.17) is 9.47 Å². The minimum atomic E-state index is 0.510. The van der Waals surface area contributed by atoms with E-state index in [0.29, 0.717) is 12.2 Å². The maximum absolute atomic E-state index is 5.86. The average Bonchev–Trinajstić information content (AvgIpc) is 3.32. The molecule has 2 aliphatic carbocycles. The van der Waals surface area contributed by atoms with Crippen LogP contribution in [0.3, 0.4) is 0 Å². The van der Waals surface area contributed by atoms with E-state index in [1.165, 1.54) is 64.2 Å². The van der Waals surface area contributed by atoms with E-state index in [9.17, 15) is 0 Å². The van der Waals surface area contributed by atoms with E-state index in [0.717, 1.165) is 31.5 Å². The molecule has 3 rings (SSSR count). The Morgan fingerprint density at radius 3 is 2.38 bits per heavy atom. The molecule has 0 amide bonds. The van der Waals surface area contributed by atoms with Crippen LogP contribution in [0, 0.1) is 11.8 Å². The molecule has 1 aliphatic heterocycles. The first-order valence-electron chi connectivity index (χ1n) is 9.33. The molecule has 1 heterocycles. The quantitative estimate of drug-likeness (QED) is 0.379. The van der Waals surface area contributed by atoms with Crippen molar-refractivity contribution in [3.8, 4) is 0 Å². The second kappa shape index (κ2) is 8.33. The summed E-state index contributed by atoms with van der Waals surface area (Å²) in [6.45, 7) is 1.65. The maximum Gasteiger partial charge on any atom is 0.0870 e. The monoisotopic (exact) mass is 292 g/mol. The number of epoxide rings is 1. The molecule has 0 radical (unpaired) electrons.